The van der Waals surface area contributed by atoms with E-state index in [4.69, 9.17) is 0 Å². The van der Waals surface area contributed by atoms with Crippen molar-refractivity contribution in [2.45, 2.75) is 5.25 Å². The highest BCUT2D eigenvalue weighted by molar-refractivity contribution is 7.78. The second-order valence-corrected chi connectivity index (χ2v) is 8.96. The highest BCUT2D eigenvalue weighted by Crippen LogP contribution is 2.43. The van der Waals surface area contributed by atoms with E-state index in [-0.39, 0.29) is 0 Å². The molecular weight excluding hydrogens is 463 g/mol. The number of halogens is 5. The van der Waals surface area contributed by atoms with Gasteiger partial charge in [0.25, 0.3) is 0 Å². The molecule has 6 heteroatoms. The monoisotopic (exact) mass is 481 g/mol. The molecule has 0 radical (unpaired) electrons. The fraction of sp³-hybridized carbons (Fsp3) is 0.0714. The zero-order valence-corrected chi connectivity index (χ0v) is 18.8. The molecule has 0 amide bonds. The van der Waals surface area contributed by atoms with E-state index in [1.807, 2.05) is 54.6 Å². The number of benzene rings is 5. The molecule has 0 aromatic heterocycles. The van der Waals surface area contributed by atoms with Crippen LogP contribution >= 0.6 is 0 Å². The van der Waals surface area contributed by atoms with Crippen molar-refractivity contribution < 1.29 is 22.0 Å². The molecule has 170 valence electrons. The maximum atomic E-state index is 14.8. The zero-order valence-electron chi connectivity index (χ0n) is 17.9. The molecule has 0 fully saturated rings. The van der Waals surface area contributed by atoms with Crippen LogP contribution in [-0.2, 0) is 11.8 Å². The number of hydrogen-bond donors (Lipinski definition) is 0. The first-order valence-corrected chi connectivity index (χ1v) is 11.9. The average molecular weight is 482 g/mol. The molecule has 5 aromatic carbocycles. The van der Waals surface area contributed by atoms with Crippen molar-refractivity contribution in [1.29, 1.82) is 0 Å². The highest BCUT2D eigenvalue weighted by Gasteiger charge is 2.35. The predicted octanol–water partition coefficient (Wildman–Crippen LogP) is 7.89. The summed E-state index contributed by atoms with van der Waals surface area (Å²) in [5, 5.41) is 2.74. The summed E-state index contributed by atoms with van der Waals surface area (Å²) in [5.41, 5.74) is 1.19. The molecule has 0 bridgehead atoms. The highest BCUT2D eigenvalue weighted by atomic mass is 32.2. The van der Waals surface area contributed by atoms with Crippen LogP contribution in [-0.4, -0.2) is 6.26 Å². The SMILES string of the molecule is C[SH+]C(c1ccccc1-c1c2ccccc2cc2ccccc12)c1c(F)c(F)c(F)c(F)c1F. The number of thiol groups is 1. The minimum Gasteiger partial charge on any atom is -0.203 e. The second-order valence-electron chi connectivity index (χ2n) is 7.93. The number of rotatable bonds is 4. The van der Waals surface area contributed by atoms with Gasteiger partial charge >= 0.3 is 0 Å². The van der Waals surface area contributed by atoms with Gasteiger partial charge in [0.1, 0.15) is 0 Å². The Kier molecular flexibility index (Phi) is 5.78. The summed E-state index contributed by atoms with van der Waals surface area (Å²) in [6.45, 7) is 0. The summed E-state index contributed by atoms with van der Waals surface area (Å²) < 4.78 is 71.6. The van der Waals surface area contributed by atoms with Gasteiger partial charge in [0.05, 0.1) is 11.8 Å². The Morgan fingerprint density at radius 3 is 1.62 bits per heavy atom. The third-order valence-corrected chi connectivity index (χ3v) is 7.12. The Morgan fingerprint density at radius 1 is 0.588 bits per heavy atom. The summed E-state index contributed by atoms with van der Waals surface area (Å²) in [4.78, 5) is 0. The van der Waals surface area contributed by atoms with Crippen LogP contribution < -0.4 is 0 Å². The fourth-order valence-electron chi connectivity index (χ4n) is 4.55. The van der Waals surface area contributed by atoms with Gasteiger partial charge in [-0.1, -0.05) is 72.8 Å². The maximum absolute atomic E-state index is 14.8. The minimum absolute atomic E-state index is 0.428. The lowest BCUT2D eigenvalue weighted by Crippen LogP contribution is -2.14. The van der Waals surface area contributed by atoms with Gasteiger partial charge in [0.2, 0.25) is 5.82 Å². The number of hydrogen-bond acceptors (Lipinski definition) is 0. The van der Waals surface area contributed by atoms with E-state index < -0.39 is 39.9 Å². The van der Waals surface area contributed by atoms with Crippen LogP contribution in [0, 0.1) is 29.1 Å². The fourth-order valence-corrected chi connectivity index (χ4v) is 5.54. The van der Waals surface area contributed by atoms with Crippen molar-refractivity contribution >= 4 is 33.3 Å². The van der Waals surface area contributed by atoms with E-state index in [1.54, 1.807) is 24.5 Å². The van der Waals surface area contributed by atoms with Crippen LogP contribution in [0.2, 0.25) is 0 Å². The van der Waals surface area contributed by atoms with Crippen LogP contribution in [0.25, 0.3) is 32.7 Å². The summed E-state index contributed by atoms with van der Waals surface area (Å²) in [6.07, 6.45) is 1.64. The molecule has 1 atom stereocenters. The van der Waals surface area contributed by atoms with Gasteiger partial charge in [0, 0.05) is 5.56 Å². The van der Waals surface area contributed by atoms with E-state index in [1.165, 1.54) is 0 Å². The van der Waals surface area contributed by atoms with Crippen LogP contribution in [0.4, 0.5) is 22.0 Å². The summed E-state index contributed by atoms with van der Waals surface area (Å²) in [5.74, 6) is -9.62. The van der Waals surface area contributed by atoms with E-state index in [2.05, 4.69) is 6.07 Å². The smallest absolute Gasteiger partial charge is 0.200 e. The Morgan fingerprint density at radius 2 is 1.06 bits per heavy atom. The van der Waals surface area contributed by atoms with Crippen molar-refractivity contribution in [2.75, 3.05) is 6.26 Å². The van der Waals surface area contributed by atoms with Gasteiger partial charge in [-0.15, -0.1) is 0 Å². The third kappa shape index (κ3) is 3.44. The molecule has 0 N–H and O–H groups in total. The number of fused-ring (bicyclic) bond motifs is 2. The van der Waals surface area contributed by atoms with Crippen molar-refractivity contribution in [3.05, 3.63) is 119 Å². The molecule has 0 saturated carbocycles. The van der Waals surface area contributed by atoms with E-state index in [0.29, 0.717) is 22.9 Å². The predicted molar refractivity (Wildman–Crippen MR) is 130 cm³/mol. The Hall–Kier alpha value is -3.38. The zero-order chi connectivity index (χ0) is 24.0. The first-order valence-electron chi connectivity index (χ1n) is 10.5. The van der Waals surface area contributed by atoms with Crippen LogP contribution in [0.15, 0.2) is 78.9 Å². The van der Waals surface area contributed by atoms with Gasteiger partial charge in [0.15, 0.2) is 28.5 Å². The molecule has 0 spiro atoms. The van der Waals surface area contributed by atoms with Crippen molar-refractivity contribution in [1.82, 2.24) is 0 Å². The molecule has 5 aromatic rings. The normalized spacial score (nSPS) is 12.4. The van der Waals surface area contributed by atoms with Gasteiger partial charge in [-0.25, -0.2) is 22.0 Å². The average Bonchev–Trinajstić information content (AvgIpc) is 2.87. The molecule has 1 unspecified atom stereocenters. The molecule has 0 heterocycles. The molecule has 0 nitrogen and oxygen atoms in total. The topological polar surface area (TPSA) is 0 Å². The minimum atomic E-state index is -2.15. The van der Waals surface area contributed by atoms with Gasteiger partial charge in [-0.3, -0.25) is 0 Å². The quantitative estimate of drug-likeness (QED) is 0.0612. The molecule has 5 rings (SSSR count). The lowest BCUT2D eigenvalue weighted by molar-refractivity contribution is 0.371. The van der Waals surface area contributed by atoms with Crippen LogP contribution in [0.3, 0.4) is 0 Å². The lowest BCUT2D eigenvalue weighted by atomic mass is 9.87. The standard InChI is InChI=1S/C28H17F5S/c1-34-28(22-23(29)25(31)27(33)26(32)24(22)30)20-13-7-6-12-19(20)21-17-10-4-2-8-15(17)14-16-9-3-5-11-18(16)21/h2-14,28H,1H3/p+1. The molecule has 0 saturated heterocycles. The molecule has 34 heavy (non-hydrogen) atoms. The summed E-state index contributed by atoms with van der Waals surface area (Å²) in [6, 6.07) is 24.6. The molecule has 0 aliphatic rings. The first kappa shape index (κ1) is 22.4. The van der Waals surface area contributed by atoms with Gasteiger partial charge < -0.3 is 0 Å². The summed E-state index contributed by atoms with van der Waals surface area (Å²) >= 11 is 0.428. The van der Waals surface area contributed by atoms with Gasteiger partial charge in [-0.2, -0.15) is 0 Å². The third-order valence-electron chi connectivity index (χ3n) is 6.07. The van der Waals surface area contributed by atoms with Crippen LogP contribution in [0.5, 0.6) is 0 Å². The van der Waals surface area contributed by atoms with E-state index in [9.17, 15) is 22.0 Å². The molecule has 0 aliphatic heterocycles. The lowest BCUT2D eigenvalue weighted by Gasteiger charge is -2.19. The first-order chi connectivity index (χ1) is 16.4. The molecule has 0 aliphatic carbocycles. The largest absolute Gasteiger partial charge is 0.203 e. The van der Waals surface area contributed by atoms with E-state index in [0.717, 1.165) is 27.1 Å². The second kappa shape index (κ2) is 8.76. The summed E-state index contributed by atoms with van der Waals surface area (Å²) in [7, 11) is 0. The van der Waals surface area contributed by atoms with E-state index >= 15 is 0 Å². The van der Waals surface area contributed by atoms with Crippen LogP contribution in [0.1, 0.15) is 16.4 Å². The Labute approximate surface area is 197 Å². The Balaban J connectivity index is 1.86. The van der Waals surface area contributed by atoms with Crippen molar-refractivity contribution in [2.24, 2.45) is 0 Å². The maximum Gasteiger partial charge on any atom is 0.200 e. The van der Waals surface area contributed by atoms with Crippen molar-refractivity contribution in [3.8, 4) is 11.1 Å². The van der Waals surface area contributed by atoms with Crippen molar-refractivity contribution in [3.63, 3.8) is 0 Å². The Bertz CT molecular complexity index is 1480. The molecular formula is C28H18F5S+. The van der Waals surface area contributed by atoms with Gasteiger partial charge in [-0.05, 0) is 50.5 Å².